The van der Waals surface area contributed by atoms with Crippen molar-refractivity contribution >= 4 is 29.8 Å². The van der Waals surface area contributed by atoms with E-state index in [-0.39, 0.29) is 18.3 Å². The summed E-state index contributed by atoms with van der Waals surface area (Å²) in [6.45, 7) is 4.05. The van der Waals surface area contributed by atoms with E-state index in [4.69, 9.17) is 0 Å². The number of carbonyl (C=O) groups is 1. The zero-order valence-corrected chi connectivity index (χ0v) is 13.0. The molecule has 0 spiro atoms. The number of hydrogen-bond acceptors (Lipinski definition) is 5. The molecule has 1 aliphatic rings. The summed E-state index contributed by atoms with van der Waals surface area (Å²) in [6.07, 6.45) is 3.99. The Kier molecular flexibility index (Phi) is 6.68. The van der Waals surface area contributed by atoms with E-state index in [1.165, 1.54) is 11.5 Å². The van der Waals surface area contributed by atoms with Gasteiger partial charge in [0.15, 0.2) is 0 Å². The zero-order valence-electron chi connectivity index (χ0n) is 11.4. The van der Waals surface area contributed by atoms with E-state index in [9.17, 15) is 4.79 Å². The van der Waals surface area contributed by atoms with Gasteiger partial charge in [0, 0.05) is 13.1 Å². The van der Waals surface area contributed by atoms with Crippen molar-refractivity contribution in [2.24, 2.45) is 0 Å². The summed E-state index contributed by atoms with van der Waals surface area (Å²) >= 11 is 1.21. The van der Waals surface area contributed by atoms with E-state index in [1.807, 2.05) is 18.9 Å². The fourth-order valence-electron chi connectivity index (χ4n) is 2.32. The Hall–Kier alpha value is -0.720. The second-order valence-corrected chi connectivity index (χ2v) is 5.41. The molecular formula is C12H21ClN4OS. The van der Waals surface area contributed by atoms with Gasteiger partial charge in [-0.2, -0.15) is 0 Å². The van der Waals surface area contributed by atoms with E-state index >= 15 is 0 Å². The van der Waals surface area contributed by atoms with Crippen LogP contribution in [0.15, 0.2) is 0 Å². The third kappa shape index (κ3) is 3.87. The molecule has 0 saturated carbocycles. The summed E-state index contributed by atoms with van der Waals surface area (Å²) in [6, 6.07) is 0.333. The van der Waals surface area contributed by atoms with Crippen LogP contribution >= 0.6 is 23.9 Å². The molecule has 0 bridgehead atoms. The molecule has 1 fully saturated rings. The Morgan fingerprint density at radius 3 is 3.00 bits per heavy atom. The molecular weight excluding hydrogens is 284 g/mol. The largest absolute Gasteiger partial charge is 0.338 e. The third-order valence-corrected chi connectivity index (χ3v) is 4.25. The molecule has 1 atom stereocenters. The number of aryl methyl sites for hydroxylation is 1. The van der Waals surface area contributed by atoms with Crippen molar-refractivity contribution < 1.29 is 4.79 Å². The van der Waals surface area contributed by atoms with E-state index in [2.05, 4.69) is 14.9 Å². The van der Waals surface area contributed by atoms with Crippen LogP contribution in [0.2, 0.25) is 0 Å². The number of rotatable bonds is 3. The molecule has 2 heterocycles. The van der Waals surface area contributed by atoms with Crippen LogP contribution in [0, 0.1) is 0 Å². The molecule has 108 valence electrons. The molecule has 1 saturated heterocycles. The van der Waals surface area contributed by atoms with E-state index in [1.54, 1.807) is 0 Å². The molecule has 2 rings (SSSR count). The Morgan fingerprint density at radius 2 is 2.26 bits per heavy atom. The Labute approximate surface area is 124 Å². The van der Waals surface area contributed by atoms with Crippen LogP contribution in [0.5, 0.6) is 0 Å². The van der Waals surface area contributed by atoms with Gasteiger partial charge < -0.3 is 10.2 Å². The standard InChI is InChI=1S/C12H20N4OS.ClH/c1-3-10-11(18-15-14-10)12(17)16(2)9-5-4-7-13-8-6-9;/h9,13H,3-8H2,1-2H3;1H. The predicted octanol–water partition coefficient (Wildman–Crippen LogP) is 1.74. The first-order chi connectivity index (χ1) is 8.74. The summed E-state index contributed by atoms with van der Waals surface area (Å²) in [4.78, 5) is 15.0. The highest BCUT2D eigenvalue weighted by molar-refractivity contribution is 7.08. The lowest BCUT2D eigenvalue weighted by Crippen LogP contribution is -2.37. The van der Waals surface area contributed by atoms with Crippen molar-refractivity contribution in [1.82, 2.24) is 19.8 Å². The molecule has 1 aliphatic heterocycles. The SMILES string of the molecule is CCc1nnsc1C(=O)N(C)C1CCCNCC1.Cl. The first-order valence-corrected chi connectivity index (χ1v) is 7.30. The normalized spacial score (nSPS) is 19.4. The monoisotopic (exact) mass is 304 g/mol. The van der Waals surface area contributed by atoms with Crippen molar-refractivity contribution in [1.29, 1.82) is 0 Å². The number of carbonyl (C=O) groups excluding carboxylic acids is 1. The van der Waals surface area contributed by atoms with Crippen molar-refractivity contribution in [3.8, 4) is 0 Å². The van der Waals surface area contributed by atoms with Crippen LogP contribution in [0.4, 0.5) is 0 Å². The van der Waals surface area contributed by atoms with Crippen LogP contribution in [0.25, 0.3) is 0 Å². The van der Waals surface area contributed by atoms with Crippen molar-refractivity contribution in [2.45, 2.75) is 38.6 Å². The van der Waals surface area contributed by atoms with Crippen LogP contribution in [-0.2, 0) is 6.42 Å². The van der Waals surface area contributed by atoms with Crippen molar-refractivity contribution in [3.63, 3.8) is 0 Å². The van der Waals surface area contributed by atoms with Gasteiger partial charge in [-0.3, -0.25) is 4.79 Å². The Balaban J connectivity index is 0.00000180. The van der Waals surface area contributed by atoms with Crippen molar-refractivity contribution in [3.05, 3.63) is 10.6 Å². The zero-order chi connectivity index (χ0) is 13.0. The minimum atomic E-state index is 0. The van der Waals surface area contributed by atoms with Crippen LogP contribution in [-0.4, -0.2) is 46.6 Å². The fraction of sp³-hybridized carbons (Fsp3) is 0.750. The molecule has 1 aromatic heterocycles. The molecule has 1 aromatic rings. The minimum Gasteiger partial charge on any atom is -0.338 e. The molecule has 19 heavy (non-hydrogen) atoms. The lowest BCUT2D eigenvalue weighted by atomic mass is 10.1. The predicted molar refractivity (Wildman–Crippen MR) is 79.1 cm³/mol. The molecule has 0 aromatic carbocycles. The smallest absolute Gasteiger partial charge is 0.267 e. The number of aromatic nitrogens is 2. The second kappa shape index (κ2) is 7.77. The van der Waals surface area contributed by atoms with E-state index in [0.29, 0.717) is 10.9 Å². The Bertz CT molecular complexity index is 404. The van der Waals surface area contributed by atoms with Gasteiger partial charge in [-0.25, -0.2) is 0 Å². The van der Waals surface area contributed by atoms with Gasteiger partial charge in [0.1, 0.15) is 4.88 Å². The molecule has 0 aliphatic carbocycles. The minimum absolute atomic E-state index is 0. The number of hydrogen-bond donors (Lipinski definition) is 1. The topological polar surface area (TPSA) is 58.1 Å². The first kappa shape index (κ1) is 16.3. The maximum Gasteiger partial charge on any atom is 0.267 e. The van der Waals surface area contributed by atoms with Gasteiger partial charge in [-0.1, -0.05) is 11.4 Å². The number of amides is 1. The maximum absolute atomic E-state index is 12.4. The third-order valence-electron chi connectivity index (χ3n) is 3.50. The molecule has 0 radical (unpaired) electrons. The molecule has 1 N–H and O–H groups in total. The summed E-state index contributed by atoms with van der Waals surface area (Å²) in [7, 11) is 1.90. The highest BCUT2D eigenvalue weighted by Crippen LogP contribution is 2.18. The fourth-order valence-corrected chi connectivity index (χ4v) is 3.05. The van der Waals surface area contributed by atoms with Gasteiger partial charge in [-0.05, 0) is 50.3 Å². The number of nitrogens with one attached hydrogen (secondary N) is 1. The van der Waals surface area contributed by atoms with Crippen LogP contribution < -0.4 is 5.32 Å². The quantitative estimate of drug-likeness (QED) is 0.924. The summed E-state index contributed by atoms with van der Waals surface area (Å²) in [5.74, 6) is 0.0775. The van der Waals surface area contributed by atoms with E-state index in [0.717, 1.165) is 44.5 Å². The number of halogens is 1. The van der Waals surface area contributed by atoms with Gasteiger partial charge >= 0.3 is 0 Å². The summed E-state index contributed by atoms with van der Waals surface area (Å²) in [5.41, 5.74) is 0.823. The van der Waals surface area contributed by atoms with Gasteiger partial charge in [-0.15, -0.1) is 17.5 Å². The number of nitrogens with zero attached hydrogens (tertiary/aromatic N) is 3. The van der Waals surface area contributed by atoms with Gasteiger partial charge in [0.25, 0.3) is 5.91 Å². The van der Waals surface area contributed by atoms with Crippen LogP contribution in [0.3, 0.4) is 0 Å². The van der Waals surface area contributed by atoms with Gasteiger partial charge in [0.2, 0.25) is 0 Å². The lowest BCUT2D eigenvalue weighted by molar-refractivity contribution is 0.0724. The average molecular weight is 305 g/mol. The highest BCUT2D eigenvalue weighted by atomic mass is 35.5. The summed E-state index contributed by atoms with van der Waals surface area (Å²) < 4.78 is 3.89. The second-order valence-electron chi connectivity index (χ2n) is 4.65. The van der Waals surface area contributed by atoms with Crippen LogP contribution in [0.1, 0.15) is 41.6 Å². The maximum atomic E-state index is 12.4. The molecule has 7 heteroatoms. The molecule has 1 unspecified atom stereocenters. The highest BCUT2D eigenvalue weighted by Gasteiger charge is 2.25. The van der Waals surface area contributed by atoms with Gasteiger partial charge in [0.05, 0.1) is 5.69 Å². The molecule has 1 amide bonds. The average Bonchev–Trinajstić information content (AvgIpc) is 2.70. The molecule has 5 nitrogen and oxygen atoms in total. The lowest BCUT2D eigenvalue weighted by Gasteiger charge is -2.26. The Morgan fingerprint density at radius 1 is 1.47 bits per heavy atom. The van der Waals surface area contributed by atoms with Crippen molar-refractivity contribution in [2.75, 3.05) is 20.1 Å². The summed E-state index contributed by atoms with van der Waals surface area (Å²) in [5, 5.41) is 7.38. The van der Waals surface area contributed by atoms with E-state index < -0.39 is 0 Å². The first-order valence-electron chi connectivity index (χ1n) is 6.53.